The van der Waals surface area contributed by atoms with Crippen molar-refractivity contribution in [3.63, 3.8) is 0 Å². The van der Waals surface area contributed by atoms with E-state index in [-0.39, 0.29) is 57.1 Å². The maximum atomic E-state index is 11.5. The summed E-state index contributed by atoms with van der Waals surface area (Å²) in [7, 11) is 1.61. The number of nitrogens with zero attached hydrogens (tertiary/aromatic N) is 1. The van der Waals surface area contributed by atoms with Crippen LogP contribution in [0.25, 0.3) is 5.69 Å². The zero-order valence-corrected chi connectivity index (χ0v) is 8.65. The van der Waals surface area contributed by atoms with E-state index in [0.29, 0.717) is 0 Å². The maximum absolute atomic E-state index is 11.5. The van der Waals surface area contributed by atoms with Gasteiger partial charge in [0, 0.05) is 11.9 Å². The van der Waals surface area contributed by atoms with Crippen LogP contribution in [0.1, 0.15) is 5.69 Å². The second kappa shape index (κ2) is 5.84. The summed E-state index contributed by atoms with van der Waals surface area (Å²) in [6.45, 7) is 1.88. The Hall–Kier alpha value is -0.334. The van der Waals surface area contributed by atoms with Crippen molar-refractivity contribution >= 4 is 51.4 Å². The summed E-state index contributed by atoms with van der Waals surface area (Å²) in [5.74, 6) is 0.778. The molecule has 0 aliphatic carbocycles. The number of hydrogen-bond acceptors (Lipinski definition) is 2. The fourth-order valence-corrected chi connectivity index (χ4v) is 1.51. The Morgan fingerprint density at radius 1 is 1.25 bits per heavy atom. The van der Waals surface area contributed by atoms with Gasteiger partial charge in [0.1, 0.15) is 5.75 Å². The van der Waals surface area contributed by atoms with Crippen molar-refractivity contribution in [1.82, 2.24) is 9.55 Å². The molecule has 0 amide bonds. The zero-order valence-electron chi connectivity index (χ0n) is 8.65. The molecule has 80 valence electrons. The normalized spacial score (nSPS) is 9.62. The van der Waals surface area contributed by atoms with E-state index in [2.05, 4.69) is 4.98 Å². The summed E-state index contributed by atoms with van der Waals surface area (Å²) in [5.41, 5.74) is 1.59. The third-order valence-electron chi connectivity index (χ3n) is 2.29. The zero-order chi connectivity index (χ0) is 10.8. The molecule has 0 atom stereocenters. The van der Waals surface area contributed by atoms with E-state index < -0.39 is 0 Å². The Bertz CT molecular complexity index is 514. The molecule has 0 aliphatic rings. The van der Waals surface area contributed by atoms with Crippen molar-refractivity contribution in [3.05, 3.63) is 46.6 Å². The molecule has 0 bridgehead atoms. The number of H-pyrrole nitrogens is 1. The molecule has 0 radical (unpaired) electrons. The van der Waals surface area contributed by atoms with Crippen molar-refractivity contribution in [2.24, 2.45) is 0 Å². The molecule has 0 spiro atoms. The van der Waals surface area contributed by atoms with E-state index in [1.165, 1.54) is 0 Å². The Morgan fingerprint density at radius 2 is 1.88 bits per heavy atom. The van der Waals surface area contributed by atoms with Crippen molar-refractivity contribution in [2.45, 2.75) is 6.92 Å². The average molecular weight is 244 g/mol. The van der Waals surface area contributed by atoms with Gasteiger partial charge in [0.05, 0.1) is 12.8 Å². The van der Waals surface area contributed by atoms with Crippen LogP contribution in [-0.2, 0) is 0 Å². The summed E-state index contributed by atoms with van der Waals surface area (Å²) in [4.78, 5) is 14.1. The summed E-state index contributed by atoms with van der Waals surface area (Å²) in [5, 5.41) is 0. The molecule has 1 N–H and O–H groups in total. The van der Waals surface area contributed by atoms with Gasteiger partial charge in [-0.3, -0.25) is 4.57 Å². The van der Waals surface area contributed by atoms with E-state index in [0.717, 1.165) is 17.1 Å². The minimum absolute atomic E-state index is 0. The quantitative estimate of drug-likeness (QED) is 0.796. The topological polar surface area (TPSA) is 47.0 Å². The molecule has 0 unspecified atom stereocenters. The first-order valence-electron chi connectivity index (χ1n) is 4.64. The Balaban J connectivity index is 0.00000128. The molecule has 0 fully saturated rings. The van der Waals surface area contributed by atoms with Gasteiger partial charge < -0.3 is 9.72 Å². The second-order valence-corrected chi connectivity index (χ2v) is 3.27. The fraction of sp³-hybridized carbons (Fsp3) is 0.182. The fourth-order valence-electron chi connectivity index (χ4n) is 1.51. The Kier molecular flexibility index (Phi) is 5.01. The standard InChI is InChI=1S/C11H12N2O2.K.H/c1-8-7-12-11(14)13(8)9-3-5-10(15-2)6-4-9;;/h3-7H,1-2H3,(H,12,14);;. The van der Waals surface area contributed by atoms with Gasteiger partial charge in [0.2, 0.25) is 0 Å². The van der Waals surface area contributed by atoms with E-state index in [1.54, 1.807) is 17.9 Å². The number of rotatable bonds is 2. The molecule has 4 nitrogen and oxygen atoms in total. The number of nitrogens with one attached hydrogen (secondary N) is 1. The van der Waals surface area contributed by atoms with Gasteiger partial charge >= 0.3 is 57.1 Å². The minimum atomic E-state index is -0.127. The number of imidazole rings is 1. The number of aromatic nitrogens is 2. The van der Waals surface area contributed by atoms with Gasteiger partial charge in [-0.05, 0) is 31.2 Å². The van der Waals surface area contributed by atoms with Crippen LogP contribution in [0, 0.1) is 6.92 Å². The van der Waals surface area contributed by atoms with Crippen LogP contribution in [0.5, 0.6) is 5.75 Å². The second-order valence-electron chi connectivity index (χ2n) is 3.27. The predicted molar refractivity (Wildman–Crippen MR) is 64.8 cm³/mol. The first kappa shape index (κ1) is 13.7. The number of methoxy groups -OCH3 is 1. The first-order valence-corrected chi connectivity index (χ1v) is 4.64. The molecular formula is C11H13KN2O2. The number of aryl methyl sites for hydroxylation is 1. The van der Waals surface area contributed by atoms with Gasteiger partial charge in [-0.25, -0.2) is 4.79 Å². The molecule has 1 aromatic carbocycles. The molecule has 0 saturated heterocycles. The number of aromatic amines is 1. The van der Waals surface area contributed by atoms with Crippen molar-refractivity contribution in [2.75, 3.05) is 7.11 Å². The van der Waals surface area contributed by atoms with Crippen molar-refractivity contribution < 1.29 is 4.74 Å². The first-order chi connectivity index (χ1) is 7.22. The average Bonchev–Trinajstić information content (AvgIpc) is 2.59. The Labute approximate surface area is 136 Å². The predicted octanol–water partition coefficient (Wildman–Crippen LogP) is 0.834. The molecule has 1 aromatic heterocycles. The molecule has 16 heavy (non-hydrogen) atoms. The third-order valence-corrected chi connectivity index (χ3v) is 2.29. The molecule has 0 aliphatic heterocycles. The molecule has 5 heteroatoms. The summed E-state index contributed by atoms with van der Waals surface area (Å²) >= 11 is 0. The van der Waals surface area contributed by atoms with Crippen LogP contribution < -0.4 is 10.4 Å². The third kappa shape index (κ3) is 2.67. The molecule has 0 saturated carbocycles. The van der Waals surface area contributed by atoms with Crippen LogP contribution in [0.4, 0.5) is 0 Å². The van der Waals surface area contributed by atoms with E-state index in [9.17, 15) is 4.79 Å². The summed E-state index contributed by atoms with van der Waals surface area (Å²) in [6, 6.07) is 7.35. The summed E-state index contributed by atoms with van der Waals surface area (Å²) < 4.78 is 6.66. The SMILES string of the molecule is COc1ccc(-n2c(C)c[nH]c2=O)cc1.[KH]. The van der Waals surface area contributed by atoms with Crippen LogP contribution in [-0.4, -0.2) is 68.0 Å². The molecule has 2 rings (SSSR count). The van der Waals surface area contributed by atoms with Crippen LogP contribution in [0.2, 0.25) is 0 Å². The van der Waals surface area contributed by atoms with Gasteiger partial charge in [0.25, 0.3) is 0 Å². The van der Waals surface area contributed by atoms with E-state index >= 15 is 0 Å². The van der Waals surface area contributed by atoms with Gasteiger partial charge in [-0.2, -0.15) is 0 Å². The number of benzene rings is 1. The molecular weight excluding hydrogens is 231 g/mol. The van der Waals surface area contributed by atoms with Crippen molar-refractivity contribution in [1.29, 1.82) is 0 Å². The number of ether oxygens (including phenoxy) is 1. The molecule has 1 heterocycles. The van der Waals surface area contributed by atoms with Crippen LogP contribution in [0.3, 0.4) is 0 Å². The van der Waals surface area contributed by atoms with E-state index in [1.807, 2.05) is 31.2 Å². The Morgan fingerprint density at radius 3 is 2.31 bits per heavy atom. The van der Waals surface area contributed by atoms with Crippen LogP contribution in [0.15, 0.2) is 35.3 Å². The van der Waals surface area contributed by atoms with Gasteiger partial charge in [-0.15, -0.1) is 0 Å². The van der Waals surface area contributed by atoms with Crippen LogP contribution >= 0.6 is 0 Å². The van der Waals surface area contributed by atoms with Gasteiger partial charge in [-0.1, -0.05) is 0 Å². The number of hydrogen-bond donors (Lipinski definition) is 1. The van der Waals surface area contributed by atoms with Crippen molar-refractivity contribution in [3.8, 4) is 11.4 Å². The molecule has 2 aromatic rings. The van der Waals surface area contributed by atoms with E-state index in [4.69, 9.17) is 4.74 Å². The summed E-state index contributed by atoms with van der Waals surface area (Å²) in [6.07, 6.45) is 1.69. The monoisotopic (exact) mass is 244 g/mol. The van der Waals surface area contributed by atoms with Gasteiger partial charge in [0.15, 0.2) is 0 Å².